The molecule has 1 N–H and O–H groups in total. The predicted molar refractivity (Wildman–Crippen MR) is 106 cm³/mol. The molecule has 2 aromatic heterocycles. The van der Waals surface area contributed by atoms with Crippen LogP contribution in [0.5, 0.6) is 0 Å². The Hall–Kier alpha value is -2.51. The molecule has 4 rings (SSSR count). The molecule has 1 amide bonds. The van der Waals surface area contributed by atoms with Crippen LogP contribution in [0, 0.1) is 6.92 Å². The number of amides is 1. The molecule has 7 heteroatoms. The Morgan fingerprint density at radius 3 is 2.76 bits per heavy atom. The number of carbonyl (C=O) groups excluding carboxylic acids is 1. The third-order valence-electron chi connectivity index (χ3n) is 3.87. The molecule has 0 aliphatic heterocycles. The van der Waals surface area contributed by atoms with E-state index in [1.165, 1.54) is 11.3 Å². The highest BCUT2D eigenvalue weighted by Crippen LogP contribution is 2.34. The Kier molecular flexibility index (Phi) is 3.89. The number of thiazole rings is 2. The maximum Gasteiger partial charge on any atom is 0.257 e. The van der Waals surface area contributed by atoms with Crippen LogP contribution in [-0.2, 0) is 0 Å². The van der Waals surface area contributed by atoms with Crippen molar-refractivity contribution in [1.82, 2.24) is 9.97 Å². The molecule has 0 aliphatic carbocycles. The minimum Gasteiger partial charge on any atom is -0.378 e. The Morgan fingerprint density at radius 1 is 1.12 bits per heavy atom. The molecule has 2 aromatic carbocycles. The maximum atomic E-state index is 12.6. The topological polar surface area (TPSA) is 58.1 Å². The van der Waals surface area contributed by atoms with Gasteiger partial charge >= 0.3 is 0 Å². The maximum absolute atomic E-state index is 12.6. The SMILES string of the molecule is Cc1nc2c(ccc3nc(NC(=O)c4cccc(N(C)C)c4)sc32)s1. The lowest BCUT2D eigenvalue weighted by Gasteiger charge is -2.13. The molecule has 4 aromatic rings. The fourth-order valence-corrected chi connectivity index (χ4v) is 4.49. The Labute approximate surface area is 153 Å². The van der Waals surface area contributed by atoms with Gasteiger partial charge in [0.2, 0.25) is 0 Å². The number of aromatic nitrogens is 2. The Balaban J connectivity index is 1.67. The van der Waals surface area contributed by atoms with Gasteiger partial charge in [-0.3, -0.25) is 10.1 Å². The smallest absolute Gasteiger partial charge is 0.257 e. The summed E-state index contributed by atoms with van der Waals surface area (Å²) < 4.78 is 2.16. The molecular weight excluding hydrogens is 352 g/mol. The summed E-state index contributed by atoms with van der Waals surface area (Å²) in [4.78, 5) is 23.7. The van der Waals surface area contributed by atoms with E-state index < -0.39 is 0 Å². The van der Waals surface area contributed by atoms with Gasteiger partial charge in [-0.25, -0.2) is 9.97 Å². The molecule has 0 aliphatic rings. The van der Waals surface area contributed by atoms with E-state index in [0.29, 0.717) is 10.7 Å². The van der Waals surface area contributed by atoms with Crippen LogP contribution in [-0.4, -0.2) is 30.0 Å². The first-order valence-electron chi connectivity index (χ1n) is 7.77. The lowest BCUT2D eigenvalue weighted by Crippen LogP contribution is -2.14. The number of aryl methyl sites for hydroxylation is 1. The first-order valence-corrected chi connectivity index (χ1v) is 9.40. The second kappa shape index (κ2) is 6.09. The van der Waals surface area contributed by atoms with Crippen LogP contribution in [0.2, 0.25) is 0 Å². The van der Waals surface area contributed by atoms with E-state index in [1.807, 2.05) is 56.3 Å². The number of rotatable bonds is 3. The summed E-state index contributed by atoms with van der Waals surface area (Å²) in [6.07, 6.45) is 0. The number of fused-ring (bicyclic) bond motifs is 3. The van der Waals surface area contributed by atoms with Crippen LogP contribution in [0.3, 0.4) is 0 Å². The summed E-state index contributed by atoms with van der Waals surface area (Å²) >= 11 is 3.13. The predicted octanol–water partition coefficient (Wildman–Crippen LogP) is 4.53. The fraction of sp³-hybridized carbons (Fsp3) is 0.167. The van der Waals surface area contributed by atoms with E-state index in [0.717, 1.165) is 31.1 Å². The molecule has 5 nitrogen and oxygen atoms in total. The number of anilines is 2. The van der Waals surface area contributed by atoms with E-state index in [9.17, 15) is 4.79 Å². The third-order valence-corrected chi connectivity index (χ3v) is 5.80. The van der Waals surface area contributed by atoms with Crippen molar-refractivity contribution >= 4 is 59.8 Å². The van der Waals surface area contributed by atoms with Gasteiger partial charge in [-0.15, -0.1) is 11.3 Å². The highest BCUT2D eigenvalue weighted by molar-refractivity contribution is 7.24. The molecule has 0 unspecified atom stereocenters. The van der Waals surface area contributed by atoms with Crippen LogP contribution >= 0.6 is 22.7 Å². The molecule has 0 bridgehead atoms. The van der Waals surface area contributed by atoms with Crippen LogP contribution in [0.1, 0.15) is 15.4 Å². The summed E-state index contributed by atoms with van der Waals surface area (Å²) in [5, 5.41) is 4.53. The van der Waals surface area contributed by atoms with Gasteiger partial charge in [-0.05, 0) is 37.3 Å². The molecule has 0 saturated carbocycles. The van der Waals surface area contributed by atoms with Gasteiger partial charge in [-0.1, -0.05) is 17.4 Å². The molecule has 126 valence electrons. The van der Waals surface area contributed by atoms with Crippen molar-refractivity contribution in [2.24, 2.45) is 0 Å². The monoisotopic (exact) mass is 368 g/mol. The molecule has 0 atom stereocenters. The first-order chi connectivity index (χ1) is 12.0. The average molecular weight is 368 g/mol. The quantitative estimate of drug-likeness (QED) is 0.577. The summed E-state index contributed by atoms with van der Waals surface area (Å²) in [5.41, 5.74) is 3.42. The minimum atomic E-state index is -0.159. The number of hydrogen-bond donors (Lipinski definition) is 1. The van der Waals surface area contributed by atoms with Crippen molar-refractivity contribution in [2.75, 3.05) is 24.3 Å². The summed E-state index contributed by atoms with van der Waals surface area (Å²) in [5.74, 6) is -0.159. The van der Waals surface area contributed by atoms with Crippen LogP contribution in [0.15, 0.2) is 36.4 Å². The summed E-state index contributed by atoms with van der Waals surface area (Å²) in [6.45, 7) is 2.00. The number of nitrogens with zero attached hydrogens (tertiary/aromatic N) is 3. The largest absolute Gasteiger partial charge is 0.378 e. The average Bonchev–Trinajstić information content (AvgIpc) is 3.16. The lowest BCUT2D eigenvalue weighted by molar-refractivity contribution is 0.102. The first kappa shape index (κ1) is 16.0. The molecule has 0 fully saturated rings. The molecule has 0 saturated heterocycles. The molecule has 0 spiro atoms. The molecule has 0 radical (unpaired) electrons. The van der Waals surface area contributed by atoms with Gasteiger partial charge in [0.05, 0.1) is 19.9 Å². The van der Waals surface area contributed by atoms with Gasteiger partial charge in [0, 0.05) is 25.3 Å². The minimum absolute atomic E-state index is 0.159. The van der Waals surface area contributed by atoms with Gasteiger partial charge in [0.1, 0.15) is 5.52 Å². The van der Waals surface area contributed by atoms with Gasteiger partial charge in [-0.2, -0.15) is 0 Å². The number of carbonyl (C=O) groups is 1. The van der Waals surface area contributed by atoms with Crippen molar-refractivity contribution in [1.29, 1.82) is 0 Å². The van der Waals surface area contributed by atoms with E-state index in [1.54, 1.807) is 17.4 Å². The van der Waals surface area contributed by atoms with Crippen molar-refractivity contribution in [3.05, 3.63) is 47.0 Å². The molecule has 25 heavy (non-hydrogen) atoms. The van der Waals surface area contributed by atoms with Crippen molar-refractivity contribution in [3.8, 4) is 0 Å². The Bertz CT molecular complexity index is 1100. The summed E-state index contributed by atoms with van der Waals surface area (Å²) in [7, 11) is 3.90. The van der Waals surface area contributed by atoms with E-state index >= 15 is 0 Å². The van der Waals surface area contributed by atoms with Crippen LogP contribution in [0.25, 0.3) is 20.4 Å². The fourth-order valence-electron chi connectivity index (χ4n) is 2.64. The van der Waals surface area contributed by atoms with Gasteiger partial charge in [0.25, 0.3) is 5.91 Å². The van der Waals surface area contributed by atoms with Crippen molar-refractivity contribution < 1.29 is 4.79 Å². The number of nitrogens with one attached hydrogen (secondary N) is 1. The zero-order valence-electron chi connectivity index (χ0n) is 14.0. The number of hydrogen-bond acceptors (Lipinski definition) is 6. The Morgan fingerprint density at radius 2 is 1.96 bits per heavy atom. The van der Waals surface area contributed by atoms with Crippen molar-refractivity contribution in [3.63, 3.8) is 0 Å². The molecular formula is C18H16N4OS2. The van der Waals surface area contributed by atoms with Crippen LogP contribution < -0.4 is 10.2 Å². The highest BCUT2D eigenvalue weighted by atomic mass is 32.1. The van der Waals surface area contributed by atoms with E-state index in [2.05, 4.69) is 15.3 Å². The highest BCUT2D eigenvalue weighted by Gasteiger charge is 2.14. The second-order valence-electron chi connectivity index (χ2n) is 5.91. The third kappa shape index (κ3) is 2.96. The van der Waals surface area contributed by atoms with Gasteiger partial charge in [0.15, 0.2) is 5.13 Å². The van der Waals surface area contributed by atoms with Crippen LogP contribution in [0.4, 0.5) is 10.8 Å². The standard InChI is InChI=1S/C18H16N4OS2/c1-10-19-15-14(24-10)8-7-13-16(15)25-18(20-13)21-17(23)11-5-4-6-12(9-11)22(2)3/h4-9H,1-3H3,(H,20,21,23). The zero-order valence-corrected chi connectivity index (χ0v) is 15.7. The van der Waals surface area contributed by atoms with Crippen molar-refractivity contribution in [2.45, 2.75) is 6.92 Å². The lowest BCUT2D eigenvalue weighted by atomic mass is 10.2. The molecule has 2 heterocycles. The van der Waals surface area contributed by atoms with Gasteiger partial charge < -0.3 is 4.90 Å². The number of benzene rings is 2. The summed E-state index contributed by atoms with van der Waals surface area (Å²) in [6, 6.07) is 11.5. The second-order valence-corrected chi connectivity index (χ2v) is 8.15. The zero-order chi connectivity index (χ0) is 17.6. The normalized spacial score (nSPS) is 11.2. The van der Waals surface area contributed by atoms with E-state index in [4.69, 9.17) is 0 Å². The van der Waals surface area contributed by atoms with E-state index in [-0.39, 0.29) is 5.91 Å².